The molecule has 2 N–H and O–H groups in total. The van der Waals surface area contributed by atoms with Crippen LogP contribution in [0.5, 0.6) is 0 Å². The Hall–Kier alpha value is -5.59. The fourth-order valence-corrected chi connectivity index (χ4v) is 5.66. The second kappa shape index (κ2) is 16.2. The molecule has 2 amide bonds. The number of benzene rings is 3. The van der Waals surface area contributed by atoms with Gasteiger partial charge in [0.25, 0.3) is 5.91 Å². The maximum Gasteiger partial charge on any atom is 0.444 e. The van der Waals surface area contributed by atoms with Gasteiger partial charge in [-0.15, -0.1) is 5.06 Å². The largest absolute Gasteiger partial charge is 0.444 e. The summed E-state index contributed by atoms with van der Waals surface area (Å²) in [7, 11) is 0. The number of carbonyl (C=O) groups is 4. The SMILES string of the molecule is CC(C)(C)OC(=O)n1c(NC2CCN(c3ccc(C(=O)NCCC(=O)ON(C(=O)OCc4ccccc4)C(C)(C)C)cc3)CC2)nc2ccccc21. The van der Waals surface area contributed by atoms with Crippen LogP contribution in [-0.2, 0) is 25.7 Å². The van der Waals surface area contributed by atoms with Crippen LogP contribution in [0.4, 0.5) is 21.2 Å². The summed E-state index contributed by atoms with van der Waals surface area (Å²) in [4.78, 5) is 63.6. The summed E-state index contributed by atoms with van der Waals surface area (Å²) in [5.41, 5.74) is 2.15. The third kappa shape index (κ3) is 10.0. The molecule has 1 saturated heterocycles. The van der Waals surface area contributed by atoms with Crippen LogP contribution in [0, 0.1) is 0 Å². The van der Waals surface area contributed by atoms with Gasteiger partial charge in [-0.25, -0.2) is 23.9 Å². The van der Waals surface area contributed by atoms with Crippen LogP contribution >= 0.6 is 0 Å². The lowest BCUT2D eigenvalue weighted by Gasteiger charge is -2.34. The Bertz CT molecular complexity index is 1850. The van der Waals surface area contributed by atoms with Gasteiger partial charge < -0.3 is 29.8 Å². The molecule has 0 radical (unpaired) electrons. The molecule has 1 aliphatic heterocycles. The van der Waals surface area contributed by atoms with Crippen molar-refractivity contribution in [3.05, 3.63) is 90.0 Å². The smallest absolute Gasteiger partial charge is 0.443 e. The highest BCUT2D eigenvalue weighted by atomic mass is 16.8. The summed E-state index contributed by atoms with van der Waals surface area (Å²) >= 11 is 0. The van der Waals surface area contributed by atoms with Crippen molar-refractivity contribution in [1.82, 2.24) is 19.9 Å². The number of aromatic nitrogens is 2. The van der Waals surface area contributed by atoms with Gasteiger partial charge in [-0.2, -0.15) is 0 Å². The number of hydrogen-bond donors (Lipinski definition) is 2. The highest BCUT2D eigenvalue weighted by Gasteiger charge is 2.32. The van der Waals surface area contributed by atoms with Gasteiger partial charge in [0.2, 0.25) is 5.95 Å². The Morgan fingerprint density at radius 2 is 1.52 bits per heavy atom. The van der Waals surface area contributed by atoms with Gasteiger partial charge in [0.15, 0.2) is 0 Å². The first-order chi connectivity index (χ1) is 24.7. The number of fused-ring (bicyclic) bond motifs is 1. The highest BCUT2D eigenvalue weighted by molar-refractivity contribution is 5.94. The monoisotopic (exact) mass is 712 g/mol. The van der Waals surface area contributed by atoms with E-state index in [2.05, 4.69) is 15.5 Å². The molecule has 3 aromatic carbocycles. The van der Waals surface area contributed by atoms with Crippen molar-refractivity contribution in [2.75, 3.05) is 29.9 Å². The molecular weight excluding hydrogens is 664 g/mol. The van der Waals surface area contributed by atoms with Crippen molar-refractivity contribution < 1.29 is 33.5 Å². The van der Waals surface area contributed by atoms with Gasteiger partial charge in [0.05, 0.1) is 23.0 Å². The van der Waals surface area contributed by atoms with Gasteiger partial charge >= 0.3 is 18.2 Å². The average Bonchev–Trinajstić information content (AvgIpc) is 3.47. The predicted octanol–water partition coefficient (Wildman–Crippen LogP) is 6.92. The van der Waals surface area contributed by atoms with E-state index in [-0.39, 0.29) is 31.5 Å². The Morgan fingerprint density at radius 1 is 0.865 bits per heavy atom. The normalized spacial score (nSPS) is 13.7. The number of hydroxylamine groups is 2. The fraction of sp³-hybridized carbons (Fsp3) is 0.410. The van der Waals surface area contributed by atoms with E-state index in [9.17, 15) is 19.2 Å². The molecule has 52 heavy (non-hydrogen) atoms. The second-order valence-corrected chi connectivity index (χ2v) is 14.7. The molecule has 276 valence electrons. The van der Waals surface area contributed by atoms with Crippen LogP contribution in [0.3, 0.4) is 0 Å². The summed E-state index contributed by atoms with van der Waals surface area (Å²) in [6, 6.07) is 24.1. The number of nitrogens with one attached hydrogen (secondary N) is 2. The Morgan fingerprint density at radius 3 is 2.17 bits per heavy atom. The maximum atomic E-state index is 13.1. The number of para-hydroxylation sites is 2. The molecule has 0 unspecified atom stereocenters. The molecule has 1 fully saturated rings. The van der Waals surface area contributed by atoms with Gasteiger partial charge in [0.1, 0.15) is 12.2 Å². The molecule has 1 aromatic heterocycles. The molecule has 0 atom stereocenters. The topological polar surface area (TPSA) is 144 Å². The predicted molar refractivity (Wildman–Crippen MR) is 198 cm³/mol. The third-order valence-electron chi connectivity index (χ3n) is 8.25. The highest BCUT2D eigenvalue weighted by Crippen LogP contribution is 2.26. The summed E-state index contributed by atoms with van der Waals surface area (Å²) in [5, 5.41) is 7.13. The Kier molecular flexibility index (Phi) is 11.7. The van der Waals surface area contributed by atoms with Crippen LogP contribution < -0.4 is 15.5 Å². The number of nitrogens with zero attached hydrogens (tertiary/aromatic N) is 4. The lowest BCUT2D eigenvalue weighted by molar-refractivity contribution is -0.200. The summed E-state index contributed by atoms with van der Waals surface area (Å²) in [6.45, 7) is 12.3. The standard InChI is InChI=1S/C39H48N6O7/c1-38(2,3)45(37(49)50-26-27-12-8-7-9-13-27)52-33(46)20-23-40-34(47)28-16-18-30(19-17-28)43-24-21-29(22-25-43)41-35-42-31-14-10-11-15-32(31)44(35)36(48)51-39(4,5)6/h7-19,29H,20-26H2,1-6H3,(H,40,47)(H,41,42). The Balaban J connectivity index is 1.08. The lowest BCUT2D eigenvalue weighted by atomic mass is 10.0. The van der Waals surface area contributed by atoms with Crippen molar-refractivity contribution in [2.45, 2.75) is 84.6 Å². The van der Waals surface area contributed by atoms with Crippen LogP contribution in [0.25, 0.3) is 11.0 Å². The van der Waals surface area contributed by atoms with E-state index in [1.54, 1.807) is 32.9 Å². The summed E-state index contributed by atoms with van der Waals surface area (Å²) in [5.74, 6) is -0.544. The van der Waals surface area contributed by atoms with Crippen LogP contribution in [0.1, 0.15) is 76.7 Å². The van der Waals surface area contributed by atoms with Crippen molar-refractivity contribution in [3.8, 4) is 0 Å². The minimum Gasteiger partial charge on any atom is -0.443 e. The molecule has 13 nitrogen and oxygen atoms in total. The maximum absolute atomic E-state index is 13.1. The van der Waals surface area contributed by atoms with Gasteiger partial charge in [-0.1, -0.05) is 42.5 Å². The van der Waals surface area contributed by atoms with Gasteiger partial charge in [-0.05, 0) is 96.3 Å². The number of imidazole rings is 1. The van der Waals surface area contributed by atoms with Crippen molar-refractivity contribution >= 4 is 46.7 Å². The quantitative estimate of drug-likeness (QED) is 0.176. The zero-order valence-electron chi connectivity index (χ0n) is 30.7. The minimum absolute atomic E-state index is 0.0265. The van der Waals surface area contributed by atoms with Gasteiger partial charge in [0, 0.05) is 36.9 Å². The van der Waals surface area contributed by atoms with Crippen LogP contribution in [-0.4, -0.2) is 75.5 Å². The fourth-order valence-electron chi connectivity index (χ4n) is 5.66. The zero-order chi connectivity index (χ0) is 37.5. The van der Waals surface area contributed by atoms with Crippen molar-refractivity contribution in [3.63, 3.8) is 0 Å². The van der Waals surface area contributed by atoms with Gasteiger partial charge in [-0.3, -0.25) is 4.79 Å². The van der Waals surface area contributed by atoms with E-state index in [0.717, 1.165) is 42.2 Å². The first kappa shape index (κ1) is 37.7. The lowest BCUT2D eigenvalue weighted by Crippen LogP contribution is -2.47. The van der Waals surface area contributed by atoms with Crippen LogP contribution in [0.2, 0.25) is 0 Å². The van der Waals surface area contributed by atoms with Crippen LogP contribution in [0.15, 0.2) is 78.9 Å². The number of anilines is 2. The first-order valence-electron chi connectivity index (χ1n) is 17.5. The molecule has 0 saturated carbocycles. The van der Waals surface area contributed by atoms with E-state index in [1.165, 1.54) is 4.57 Å². The zero-order valence-corrected chi connectivity index (χ0v) is 30.7. The second-order valence-electron chi connectivity index (χ2n) is 14.7. The molecule has 0 bridgehead atoms. The number of rotatable bonds is 9. The number of carbonyl (C=O) groups excluding carboxylic acids is 4. The number of ether oxygens (including phenoxy) is 2. The number of piperidine rings is 1. The van der Waals surface area contributed by atoms with E-state index in [1.807, 2.05) is 87.5 Å². The van der Waals surface area contributed by atoms with E-state index in [4.69, 9.17) is 19.3 Å². The molecule has 4 aromatic rings. The summed E-state index contributed by atoms with van der Waals surface area (Å²) < 4.78 is 12.5. The summed E-state index contributed by atoms with van der Waals surface area (Å²) in [6.07, 6.45) is 0.224. The molecule has 0 spiro atoms. The number of hydrogen-bond acceptors (Lipinski definition) is 10. The number of amides is 2. The molecule has 2 heterocycles. The van der Waals surface area contributed by atoms with E-state index in [0.29, 0.717) is 22.5 Å². The molecule has 13 heteroatoms. The third-order valence-corrected chi connectivity index (χ3v) is 8.25. The molecule has 0 aliphatic carbocycles. The van der Waals surface area contributed by atoms with E-state index < -0.39 is 29.3 Å². The minimum atomic E-state index is -0.847. The molecule has 1 aliphatic rings. The first-order valence-corrected chi connectivity index (χ1v) is 17.5. The molecular formula is C39H48N6O7. The van der Waals surface area contributed by atoms with Crippen molar-refractivity contribution in [1.29, 1.82) is 0 Å². The van der Waals surface area contributed by atoms with Crippen molar-refractivity contribution in [2.24, 2.45) is 0 Å². The Labute approximate surface area is 304 Å². The average molecular weight is 713 g/mol. The molecule has 5 rings (SSSR count). The van der Waals surface area contributed by atoms with E-state index >= 15 is 0 Å².